The van der Waals surface area contributed by atoms with Crippen molar-refractivity contribution in [1.29, 1.82) is 0 Å². The van der Waals surface area contributed by atoms with Crippen molar-refractivity contribution < 1.29 is 52.4 Å². The molecule has 0 rings (SSSR count). The number of rotatable bonds is 9. The third kappa shape index (κ3) is 12.4. The average molecular weight is 335 g/mol. The Hall–Kier alpha value is 0.690. The minimum atomic E-state index is -4.37. The predicted octanol–water partition coefficient (Wildman–Crippen LogP) is -2.82. The second kappa shape index (κ2) is 10.4. The van der Waals surface area contributed by atoms with Crippen molar-refractivity contribution in [3.05, 3.63) is 0 Å². The molecule has 2 N–H and O–H groups in total. The summed E-state index contributed by atoms with van der Waals surface area (Å²) in [6, 6.07) is 0. The molecule has 0 saturated carbocycles. The van der Waals surface area contributed by atoms with Crippen LogP contribution in [-0.4, -0.2) is 53.4 Å². The normalized spacial score (nSPS) is 13.4. The first-order valence-corrected chi connectivity index (χ1v) is 8.75. The number of aliphatic hydroxyl groups excluding tert-OH is 1. The molecule has 6 nitrogen and oxygen atoms in total. The minimum Gasteiger partial charge on any atom is -0.748 e. The molecule has 0 fully saturated rings. The van der Waals surface area contributed by atoms with E-state index in [4.69, 9.17) is 5.11 Å². The summed E-state index contributed by atoms with van der Waals surface area (Å²) < 4.78 is 32.1. The van der Waals surface area contributed by atoms with E-state index in [1.165, 1.54) is 13.8 Å². The summed E-state index contributed by atoms with van der Waals surface area (Å²) in [6.07, 6.45) is 0.636. The van der Waals surface area contributed by atoms with E-state index in [1.807, 2.05) is 0 Å². The van der Waals surface area contributed by atoms with E-state index in [-0.39, 0.29) is 48.0 Å². The Balaban J connectivity index is 0. The molecule has 1 amide bonds. The monoisotopic (exact) mass is 335 g/mol. The fraction of sp³-hybridized carbons (Fsp3) is 0.909. The summed E-state index contributed by atoms with van der Waals surface area (Å²) in [5.74, 6) is 0.222. The summed E-state index contributed by atoms with van der Waals surface area (Å²) in [5.41, 5.74) is -1.07. The zero-order chi connectivity index (χ0) is 15.1. The van der Waals surface area contributed by atoms with Gasteiger partial charge >= 0.3 is 29.6 Å². The van der Waals surface area contributed by atoms with Gasteiger partial charge in [-0.15, -0.1) is 0 Å². The Kier molecular flexibility index (Phi) is 12.0. The Bertz CT molecular complexity index is 386. The van der Waals surface area contributed by atoms with E-state index in [1.54, 1.807) is 18.7 Å². The van der Waals surface area contributed by atoms with Gasteiger partial charge in [-0.2, -0.15) is 11.8 Å². The van der Waals surface area contributed by atoms with Gasteiger partial charge in [0.25, 0.3) is 0 Å². The molecule has 1 unspecified atom stereocenters. The van der Waals surface area contributed by atoms with Crippen molar-refractivity contribution in [3.63, 3.8) is 0 Å². The van der Waals surface area contributed by atoms with Crippen LogP contribution in [0.5, 0.6) is 0 Å². The number of hydrogen-bond acceptors (Lipinski definition) is 6. The van der Waals surface area contributed by atoms with E-state index in [9.17, 15) is 17.8 Å². The number of hydrogen-bond donors (Lipinski definition) is 2. The van der Waals surface area contributed by atoms with Crippen molar-refractivity contribution in [1.82, 2.24) is 5.32 Å². The fourth-order valence-corrected chi connectivity index (χ4v) is 3.30. The number of aliphatic hydroxyl groups is 1. The molecule has 0 aliphatic heterocycles. The van der Waals surface area contributed by atoms with Gasteiger partial charge in [0.05, 0.1) is 22.5 Å². The Labute approximate surface area is 147 Å². The van der Waals surface area contributed by atoms with Gasteiger partial charge in [-0.3, -0.25) is 4.79 Å². The maximum Gasteiger partial charge on any atom is 1.00 e. The Morgan fingerprint density at radius 2 is 1.95 bits per heavy atom. The number of thioether (sulfide) groups is 1. The Morgan fingerprint density at radius 3 is 2.40 bits per heavy atom. The third-order valence-electron chi connectivity index (χ3n) is 2.38. The summed E-state index contributed by atoms with van der Waals surface area (Å²) in [6.45, 7) is 4.87. The van der Waals surface area contributed by atoms with Gasteiger partial charge in [-0.25, -0.2) is 8.42 Å². The minimum absolute atomic E-state index is 0. The van der Waals surface area contributed by atoms with Gasteiger partial charge in [0.15, 0.2) is 0 Å². The van der Waals surface area contributed by atoms with Crippen molar-refractivity contribution in [2.75, 3.05) is 23.9 Å². The zero-order valence-corrected chi connectivity index (χ0v) is 16.1. The molecule has 20 heavy (non-hydrogen) atoms. The van der Waals surface area contributed by atoms with Crippen LogP contribution in [0, 0.1) is 5.92 Å². The molecule has 114 valence electrons. The molecule has 0 aromatic carbocycles. The smallest absolute Gasteiger partial charge is 0.748 e. The first kappa shape index (κ1) is 23.0. The van der Waals surface area contributed by atoms with Crippen LogP contribution < -0.4 is 34.9 Å². The van der Waals surface area contributed by atoms with Crippen LogP contribution >= 0.6 is 11.8 Å². The zero-order valence-electron chi connectivity index (χ0n) is 12.5. The van der Waals surface area contributed by atoms with Crippen LogP contribution in [0.1, 0.15) is 27.2 Å². The van der Waals surface area contributed by atoms with Crippen molar-refractivity contribution in [3.8, 4) is 0 Å². The molecular weight excluding hydrogens is 313 g/mol. The van der Waals surface area contributed by atoms with Gasteiger partial charge < -0.3 is 15.0 Å². The quantitative estimate of drug-likeness (QED) is 0.267. The molecule has 0 heterocycles. The van der Waals surface area contributed by atoms with Crippen LogP contribution in [0.2, 0.25) is 0 Å². The van der Waals surface area contributed by atoms with Crippen molar-refractivity contribution in [2.24, 2.45) is 5.92 Å². The summed E-state index contributed by atoms with van der Waals surface area (Å²) in [4.78, 5) is 11.8. The summed E-state index contributed by atoms with van der Waals surface area (Å²) >= 11 is 1.55. The second-order valence-corrected chi connectivity index (χ2v) is 7.73. The molecule has 0 spiro atoms. The molecule has 0 aromatic heterocycles. The van der Waals surface area contributed by atoms with Crippen LogP contribution in [0.3, 0.4) is 0 Å². The van der Waals surface area contributed by atoms with E-state index in [0.29, 0.717) is 12.2 Å². The van der Waals surface area contributed by atoms with Crippen molar-refractivity contribution in [2.45, 2.75) is 32.7 Å². The van der Waals surface area contributed by atoms with Gasteiger partial charge in [0, 0.05) is 17.2 Å². The van der Waals surface area contributed by atoms with Crippen LogP contribution in [0.4, 0.5) is 0 Å². The molecule has 0 aliphatic rings. The average Bonchev–Trinajstić information content (AvgIpc) is 2.19. The standard InChI is InChI=1S/C11H23NO5S2.Na/c1-9(4-6-18-7-5-13)10(14)12-11(2,3)8-19(15,16)17;/h9,13H,4-8H2,1-3H3,(H,12,14)(H,15,16,17);/q;+1/p-1. The van der Waals surface area contributed by atoms with Crippen LogP contribution in [0.15, 0.2) is 0 Å². The molecule has 1 atom stereocenters. The third-order valence-corrected chi connectivity index (χ3v) is 4.45. The first-order chi connectivity index (χ1) is 8.57. The fourth-order valence-electron chi connectivity index (χ4n) is 1.49. The van der Waals surface area contributed by atoms with E-state index in [2.05, 4.69) is 5.32 Å². The maximum absolute atomic E-state index is 11.8. The SMILES string of the molecule is CC(CCSCCO)C(=O)NC(C)(C)CS(=O)(=O)[O-].[Na+]. The molecule has 0 aromatic rings. The number of carbonyl (C=O) groups excluding carboxylic acids is 1. The van der Waals surface area contributed by atoms with Gasteiger partial charge in [-0.05, 0) is 26.0 Å². The molecular formula is C11H22NNaO5S2. The number of nitrogens with one attached hydrogen (secondary N) is 1. The van der Waals surface area contributed by atoms with Gasteiger partial charge in [0.2, 0.25) is 5.91 Å². The molecule has 0 bridgehead atoms. The molecule has 0 radical (unpaired) electrons. The summed E-state index contributed by atoms with van der Waals surface area (Å²) in [7, 11) is -4.37. The van der Waals surface area contributed by atoms with E-state index >= 15 is 0 Å². The van der Waals surface area contributed by atoms with Crippen LogP contribution in [-0.2, 0) is 14.9 Å². The molecule has 0 saturated heterocycles. The Morgan fingerprint density at radius 1 is 1.40 bits per heavy atom. The number of carbonyl (C=O) groups is 1. The first-order valence-electron chi connectivity index (χ1n) is 6.01. The van der Waals surface area contributed by atoms with Crippen molar-refractivity contribution >= 4 is 27.8 Å². The van der Waals surface area contributed by atoms with E-state index < -0.39 is 21.4 Å². The largest absolute Gasteiger partial charge is 1.00 e. The van der Waals surface area contributed by atoms with Crippen LogP contribution in [0.25, 0.3) is 0 Å². The molecule has 0 aliphatic carbocycles. The van der Waals surface area contributed by atoms with Gasteiger partial charge in [-0.1, -0.05) is 6.92 Å². The summed E-state index contributed by atoms with van der Waals surface area (Å²) in [5, 5.41) is 11.2. The van der Waals surface area contributed by atoms with E-state index in [0.717, 1.165) is 5.75 Å². The predicted molar refractivity (Wildman–Crippen MR) is 75.0 cm³/mol. The van der Waals surface area contributed by atoms with Gasteiger partial charge in [0.1, 0.15) is 0 Å². The second-order valence-electron chi connectivity index (χ2n) is 5.10. The topological polar surface area (TPSA) is 107 Å². The maximum atomic E-state index is 11.8. The molecule has 9 heteroatoms. The number of amides is 1.